The number of aliphatic carboxylic acids is 1. The second-order valence-corrected chi connectivity index (χ2v) is 6.60. The molecule has 150 valence electrons. The van der Waals surface area contributed by atoms with Crippen LogP contribution in [0.1, 0.15) is 25.0 Å². The number of hydrogen-bond acceptors (Lipinski definition) is 4. The number of hydrogen-bond donors (Lipinski definition) is 2. The maximum Gasteiger partial charge on any atom is 0.333 e. The summed E-state index contributed by atoms with van der Waals surface area (Å²) >= 11 is 0. The van der Waals surface area contributed by atoms with E-state index in [1.54, 1.807) is 45.2 Å². The molecule has 0 saturated carbocycles. The highest BCUT2D eigenvalue weighted by Gasteiger charge is 2.21. The summed E-state index contributed by atoms with van der Waals surface area (Å²) in [6.07, 6.45) is -1.38. The molecular weight excluding hydrogens is 365 g/mol. The first kappa shape index (κ1) is 21.4. The van der Waals surface area contributed by atoms with Gasteiger partial charge in [-0.05, 0) is 55.3 Å². The maximum atomic E-state index is 14.1. The van der Waals surface area contributed by atoms with Crippen LogP contribution < -0.4 is 10.1 Å². The first-order chi connectivity index (χ1) is 13.3. The molecule has 0 aromatic heterocycles. The zero-order chi connectivity index (χ0) is 20.7. The van der Waals surface area contributed by atoms with E-state index in [4.69, 9.17) is 9.47 Å². The van der Waals surface area contributed by atoms with E-state index >= 15 is 0 Å². The lowest BCUT2D eigenvalue weighted by Crippen LogP contribution is -2.29. The zero-order valence-electron chi connectivity index (χ0n) is 16.1. The van der Waals surface area contributed by atoms with E-state index in [0.717, 1.165) is 0 Å². The van der Waals surface area contributed by atoms with Crippen molar-refractivity contribution in [3.63, 3.8) is 0 Å². The Balaban J connectivity index is 2.07. The molecule has 1 atom stereocenters. The number of rotatable bonds is 9. The highest BCUT2D eigenvalue weighted by atomic mass is 19.1. The van der Waals surface area contributed by atoms with Gasteiger partial charge in [-0.1, -0.05) is 12.1 Å². The van der Waals surface area contributed by atoms with E-state index in [0.29, 0.717) is 17.0 Å². The fourth-order valence-corrected chi connectivity index (χ4v) is 2.68. The van der Waals surface area contributed by atoms with Gasteiger partial charge in [-0.2, -0.15) is 0 Å². The molecule has 0 aliphatic rings. The van der Waals surface area contributed by atoms with Gasteiger partial charge >= 0.3 is 5.97 Å². The number of methoxy groups -OCH3 is 1. The lowest BCUT2D eigenvalue weighted by molar-refractivity contribution is -0.153. The first-order valence-electron chi connectivity index (χ1n) is 8.88. The number of carboxylic acids is 1. The largest absolute Gasteiger partial charge is 0.497 e. The lowest BCUT2D eigenvalue weighted by Gasteiger charge is -2.17. The summed E-state index contributed by atoms with van der Waals surface area (Å²) in [5, 5.41) is 12.0. The second-order valence-electron chi connectivity index (χ2n) is 6.60. The van der Waals surface area contributed by atoms with Gasteiger partial charge in [0.2, 0.25) is 5.91 Å². The van der Waals surface area contributed by atoms with Gasteiger partial charge in [0.05, 0.1) is 19.6 Å². The molecule has 1 unspecified atom stereocenters. The molecule has 0 bridgehead atoms. The van der Waals surface area contributed by atoms with Crippen LogP contribution in [-0.2, 0) is 27.2 Å². The zero-order valence-corrected chi connectivity index (χ0v) is 16.1. The molecule has 2 aromatic carbocycles. The number of nitrogens with one attached hydrogen (secondary N) is 1. The van der Waals surface area contributed by atoms with Crippen LogP contribution in [0.25, 0.3) is 0 Å². The Morgan fingerprint density at radius 2 is 1.82 bits per heavy atom. The van der Waals surface area contributed by atoms with Gasteiger partial charge in [0.1, 0.15) is 11.6 Å². The van der Waals surface area contributed by atoms with E-state index < -0.39 is 17.9 Å². The lowest BCUT2D eigenvalue weighted by atomic mass is 10.0. The minimum atomic E-state index is -1.09. The van der Waals surface area contributed by atoms with Gasteiger partial charge in [-0.15, -0.1) is 0 Å². The van der Waals surface area contributed by atoms with Gasteiger partial charge in [-0.3, -0.25) is 4.79 Å². The average Bonchev–Trinajstić information content (AvgIpc) is 2.64. The molecule has 6 nitrogen and oxygen atoms in total. The van der Waals surface area contributed by atoms with Crippen molar-refractivity contribution in [3.8, 4) is 5.75 Å². The minimum Gasteiger partial charge on any atom is -0.497 e. The number of benzene rings is 2. The molecule has 0 fully saturated rings. The topological polar surface area (TPSA) is 84.9 Å². The quantitative estimate of drug-likeness (QED) is 0.686. The molecule has 0 radical (unpaired) electrons. The molecular formula is C21H24FNO5. The van der Waals surface area contributed by atoms with E-state index in [9.17, 15) is 19.1 Å². The van der Waals surface area contributed by atoms with Gasteiger partial charge in [0, 0.05) is 12.1 Å². The van der Waals surface area contributed by atoms with Crippen LogP contribution in [0.15, 0.2) is 42.5 Å². The number of anilines is 1. The fourth-order valence-electron chi connectivity index (χ4n) is 2.68. The standard InChI is InChI=1S/C21H24FNO5/c1-13(2)28-19(21(25)26)11-14-4-9-18(22)15(10-14)12-20(24)23-16-5-7-17(27-3)8-6-16/h4-10,13,19H,11-12H2,1-3H3,(H,23,24)(H,25,26). The predicted molar refractivity (Wildman–Crippen MR) is 103 cm³/mol. The third-order valence-corrected chi connectivity index (χ3v) is 3.97. The molecule has 2 rings (SSSR count). The second kappa shape index (κ2) is 9.85. The highest BCUT2D eigenvalue weighted by Crippen LogP contribution is 2.18. The molecule has 2 N–H and O–H groups in total. The third-order valence-electron chi connectivity index (χ3n) is 3.97. The van der Waals surface area contributed by atoms with Gasteiger partial charge in [0.15, 0.2) is 6.10 Å². The number of amides is 1. The summed E-state index contributed by atoms with van der Waals surface area (Å²) in [7, 11) is 1.55. The van der Waals surface area contributed by atoms with E-state index in [1.807, 2.05) is 0 Å². The van der Waals surface area contributed by atoms with Crippen molar-refractivity contribution in [2.24, 2.45) is 0 Å². The van der Waals surface area contributed by atoms with Gasteiger partial charge in [-0.25, -0.2) is 9.18 Å². The first-order valence-corrected chi connectivity index (χ1v) is 8.88. The molecule has 0 aliphatic carbocycles. The Morgan fingerprint density at radius 3 is 2.39 bits per heavy atom. The monoisotopic (exact) mass is 389 g/mol. The SMILES string of the molecule is COc1ccc(NC(=O)Cc2cc(CC(OC(C)C)C(=O)O)ccc2F)cc1. The number of carbonyl (C=O) groups excluding carboxylic acids is 1. The van der Waals surface area contributed by atoms with E-state index in [1.165, 1.54) is 18.2 Å². The summed E-state index contributed by atoms with van der Waals surface area (Å²) < 4.78 is 24.6. The summed E-state index contributed by atoms with van der Waals surface area (Å²) in [4.78, 5) is 23.6. The van der Waals surface area contributed by atoms with Crippen molar-refractivity contribution >= 4 is 17.6 Å². The Morgan fingerprint density at radius 1 is 1.14 bits per heavy atom. The van der Waals surface area contributed by atoms with Crippen molar-refractivity contribution in [2.45, 2.75) is 38.9 Å². The molecule has 7 heteroatoms. The molecule has 0 aliphatic heterocycles. The molecule has 1 amide bonds. The van der Waals surface area contributed by atoms with Gasteiger partial charge in [0.25, 0.3) is 0 Å². The van der Waals surface area contributed by atoms with Crippen LogP contribution >= 0.6 is 0 Å². The molecule has 0 heterocycles. The molecule has 0 spiro atoms. The van der Waals surface area contributed by atoms with Crippen LogP contribution in [0.5, 0.6) is 5.75 Å². The predicted octanol–water partition coefficient (Wildman–Crippen LogP) is 3.44. The van der Waals surface area contributed by atoms with Crippen molar-refractivity contribution in [3.05, 3.63) is 59.4 Å². The van der Waals surface area contributed by atoms with Crippen LogP contribution in [0.4, 0.5) is 10.1 Å². The number of carboxylic acid groups (broad SMARTS) is 1. The smallest absolute Gasteiger partial charge is 0.333 e. The highest BCUT2D eigenvalue weighted by molar-refractivity contribution is 5.92. The van der Waals surface area contributed by atoms with E-state index in [2.05, 4.69) is 5.32 Å². The van der Waals surface area contributed by atoms with E-state index in [-0.39, 0.29) is 30.4 Å². The number of halogens is 1. The molecule has 0 saturated heterocycles. The maximum absolute atomic E-state index is 14.1. The fraction of sp³-hybridized carbons (Fsp3) is 0.333. The van der Waals surface area contributed by atoms with Crippen molar-refractivity contribution in [2.75, 3.05) is 12.4 Å². The molecule has 28 heavy (non-hydrogen) atoms. The van der Waals surface area contributed by atoms with Crippen LogP contribution in [0.2, 0.25) is 0 Å². The van der Waals surface area contributed by atoms with Crippen LogP contribution in [0, 0.1) is 5.82 Å². The van der Waals surface area contributed by atoms with Gasteiger partial charge < -0.3 is 19.9 Å². The summed E-state index contributed by atoms with van der Waals surface area (Å²) in [6, 6.07) is 11.0. The summed E-state index contributed by atoms with van der Waals surface area (Å²) in [5.74, 6) is -1.33. The van der Waals surface area contributed by atoms with Crippen LogP contribution in [0.3, 0.4) is 0 Å². The van der Waals surface area contributed by atoms with Crippen molar-refractivity contribution < 1.29 is 28.6 Å². The molecule has 2 aromatic rings. The third kappa shape index (κ3) is 6.35. The Kier molecular flexibility index (Phi) is 7.52. The number of carbonyl (C=O) groups is 2. The summed E-state index contributed by atoms with van der Waals surface area (Å²) in [5.41, 5.74) is 1.34. The minimum absolute atomic E-state index is 0.0842. The Hall–Kier alpha value is -2.93. The van der Waals surface area contributed by atoms with Crippen molar-refractivity contribution in [1.29, 1.82) is 0 Å². The summed E-state index contributed by atoms with van der Waals surface area (Å²) in [6.45, 7) is 3.49. The van der Waals surface area contributed by atoms with Crippen molar-refractivity contribution in [1.82, 2.24) is 0 Å². The average molecular weight is 389 g/mol. The van der Waals surface area contributed by atoms with Crippen LogP contribution in [-0.4, -0.2) is 36.3 Å². The Labute approximate surface area is 163 Å². The number of ether oxygens (including phenoxy) is 2. The normalized spacial score (nSPS) is 11.9. The Bertz CT molecular complexity index is 820.